The van der Waals surface area contributed by atoms with Crippen molar-refractivity contribution in [2.45, 2.75) is 25.3 Å². The monoisotopic (exact) mass is 379 g/mol. The highest BCUT2D eigenvalue weighted by Gasteiger charge is 2.27. The molecule has 1 aliphatic rings. The number of piperidine rings is 1. The van der Waals surface area contributed by atoms with Gasteiger partial charge in [-0.15, -0.1) is 0 Å². The maximum absolute atomic E-state index is 6.11. The van der Waals surface area contributed by atoms with E-state index in [0.29, 0.717) is 17.4 Å². The van der Waals surface area contributed by atoms with E-state index < -0.39 is 0 Å². The topological polar surface area (TPSA) is 65.3 Å². The second-order valence-corrected chi connectivity index (χ2v) is 7.03. The quantitative estimate of drug-likeness (QED) is 0.654. The summed E-state index contributed by atoms with van der Waals surface area (Å²) in [5, 5.41) is 0. The fourth-order valence-corrected chi connectivity index (χ4v) is 3.67. The van der Waals surface area contributed by atoms with Crippen LogP contribution in [0.1, 0.15) is 30.3 Å². The molecule has 3 heterocycles. The summed E-state index contributed by atoms with van der Waals surface area (Å²) in [6, 6.07) is 7.59. The van der Waals surface area contributed by atoms with Crippen LogP contribution >= 0.6 is 0 Å². The molecule has 2 aromatic heterocycles. The summed E-state index contributed by atoms with van der Waals surface area (Å²) in [4.78, 5) is 16.0. The number of benzene rings is 1. The number of rotatable bonds is 6. The van der Waals surface area contributed by atoms with Crippen molar-refractivity contribution in [1.82, 2.24) is 24.4 Å². The van der Waals surface area contributed by atoms with Gasteiger partial charge in [-0.05, 0) is 31.5 Å². The lowest BCUT2D eigenvalue weighted by molar-refractivity contribution is 0.190. The summed E-state index contributed by atoms with van der Waals surface area (Å²) in [5.41, 5.74) is 0.901. The number of para-hydroxylation sites is 2. The van der Waals surface area contributed by atoms with E-state index in [1.54, 1.807) is 19.5 Å². The third kappa shape index (κ3) is 3.99. The van der Waals surface area contributed by atoms with Crippen molar-refractivity contribution in [3.63, 3.8) is 0 Å². The van der Waals surface area contributed by atoms with Gasteiger partial charge in [0, 0.05) is 44.3 Å². The van der Waals surface area contributed by atoms with Gasteiger partial charge in [0.1, 0.15) is 11.5 Å². The van der Waals surface area contributed by atoms with E-state index in [4.69, 9.17) is 9.47 Å². The molecule has 1 aromatic carbocycles. The molecule has 0 bridgehead atoms. The van der Waals surface area contributed by atoms with E-state index in [0.717, 1.165) is 44.0 Å². The summed E-state index contributed by atoms with van der Waals surface area (Å²) < 4.78 is 13.6. The normalized spacial score (nSPS) is 17.4. The summed E-state index contributed by atoms with van der Waals surface area (Å²) in [6.07, 6.45) is 9.42. The van der Waals surface area contributed by atoms with Crippen molar-refractivity contribution in [2.75, 3.05) is 20.2 Å². The van der Waals surface area contributed by atoms with E-state index >= 15 is 0 Å². The van der Waals surface area contributed by atoms with Gasteiger partial charge in [-0.1, -0.05) is 12.1 Å². The predicted octanol–water partition coefficient (Wildman–Crippen LogP) is 3.39. The number of aromatic nitrogens is 4. The van der Waals surface area contributed by atoms with Gasteiger partial charge in [0.25, 0.3) is 0 Å². The molecule has 0 N–H and O–H groups in total. The van der Waals surface area contributed by atoms with Crippen LogP contribution in [0.5, 0.6) is 17.4 Å². The van der Waals surface area contributed by atoms with Gasteiger partial charge in [-0.25, -0.2) is 9.97 Å². The summed E-state index contributed by atoms with van der Waals surface area (Å²) in [5.74, 6) is 3.22. The number of ether oxygens (including phenoxy) is 2. The predicted molar refractivity (Wildman–Crippen MR) is 106 cm³/mol. The molecule has 146 valence electrons. The lowest BCUT2D eigenvalue weighted by Crippen LogP contribution is -2.35. The molecule has 1 saturated heterocycles. The summed E-state index contributed by atoms with van der Waals surface area (Å²) in [6.45, 7) is 2.81. The maximum Gasteiger partial charge on any atom is 0.241 e. The lowest BCUT2D eigenvalue weighted by atomic mass is 9.94. The van der Waals surface area contributed by atoms with Crippen molar-refractivity contribution in [2.24, 2.45) is 7.05 Å². The number of hydrogen-bond acceptors (Lipinski definition) is 6. The van der Waals surface area contributed by atoms with Crippen molar-refractivity contribution >= 4 is 0 Å². The molecule has 0 amide bonds. The van der Waals surface area contributed by atoms with Crippen molar-refractivity contribution in [1.29, 1.82) is 0 Å². The van der Waals surface area contributed by atoms with Crippen LogP contribution in [0.4, 0.5) is 0 Å². The van der Waals surface area contributed by atoms with Gasteiger partial charge in [-0.2, -0.15) is 0 Å². The highest BCUT2D eigenvalue weighted by molar-refractivity contribution is 5.42. The first kappa shape index (κ1) is 18.4. The minimum Gasteiger partial charge on any atom is -0.493 e. The molecule has 3 aromatic rings. The summed E-state index contributed by atoms with van der Waals surface area (Å²) in [7, 11) is 3.67. The number of methoxy groups -OCH3 is 1. The fraction of sp³-hybridized carbons (Fsp3) is 0.381. The van der Waals surface area contributed by atoms with E-state index in [-0.39, 0.29) is 5.92 Å². The number of hydrogen-bond donors (Lipinski definition) is 0. The first-order valence-electron chi connectivity index (χ1n) is 9.55. The molecule has 0 unspecified atom stereocenters. The van der Waals surface area contributed by atoms with E-state index in [1.807, 2.05) is 43.7 Å². The number of likely N-dealkylation sites (tertiary alicyclic amines) is 1. The molecular formula is C21H25N5O2. The SMILES string of the molecule is COc1ccccc1Oc1nccnc1[C@@H]1CCCN(Cc2nccn2C)C1. The second kappa shape index (κ2) is 8.39. The van der Waals surface area contributed by atoms with Gasteiger partial charge in [0.2, 0.25) is 5.88 Å². The van der Waals surface area contributed by atoms with Crippen molar-refractivity contribution in [3.05, 3.63) is 60.6 Å². The molecule has 0 spiro atoms. The first-order chi connectivity index (χ1) is 13.7. The molecule has 4 rings (SSSR count). The second-order valence-electron chi connectivity index (χ2n) is 7.03. The average Bonchev–Trinajstić information content (AvgIpc) is 3.13. The van der Waals surface area contributed by atoms with E-state index in [9.17, 15) is 0 Å². The standard InChI is InChI=1S/C21H25N5O2/c1-25-13-11-22-19(25)15-26-12-5-6-16(14-26)20-21(24-10-9-23-20)28-18-8-4-3-7-17(18)27-2/h3-4,7-11,13,16H,5-6,12,14-15H2,1-2H3/t16-/m1/s1. The number of aryl methyl sites for hydroxylation is 1. The minimum atomic E-state index is 0.271. The number of imidazole rings is 1. The van der Waals surface area contributed by atoms with Crippen LogP contribution in [0.25, 0.3) is 0 Å². The summed E-state index contributed by atoms with van der Waals surface area (Å²) >= 11 is 0. The van der Waals surface area contributed by atoms with Gasteiger partial charge < -0.3 is 14.0 Å². The Hall–Kier alpha value is -2.93. The van der Waals surface area contributed by atoms with Gasteiger partial charge in [0.15, 0.2) is 11.5 Å². The zero-order valence-corrected chi connectivity index (χ0v) is 16.3. The van der Waals surface area contributed by atoms with E-state index in [1.165, 1.54) is 0 Å². The Morgan fingerprint density at radius 1 is 1.07 bits per heavy atom. The third-order valence-corrected chi connectivity index (χ3v) is 5.15. The van der Waals surface area contributed by atoms with Gasteiger partial charge in [0.05, 0.1) is 13.7 Å². The van der Waals surface area contributed by atoms with Crippen LogP contribution in [0.2, 0.25) is 0 Å². The zero-order valence-electron chi connectivity index (χ0n) is 16.3. The van der Waals surface area contributed by atoms with Crippen LogP contribution in [-0.2, 0) is 13.6 Å². The van der Waals surface area contributed by atoms with Crippen molar-refractivity contribution < 1.29 is 9.47 Å². The van der Waals surface area contributed by atoms with Crippen LogP contribution < -0.4 is 9.47 Å². The molecule has 0 aliphatic carbocycles. The van der Waals surface area contributed by atoms with Gasteiger partial charge >= 0.3 is 0 Å². The zero-order chi connectivity index (χ0) is 19.3. The Bertz CT molecular complexity index is 926. The smallest absolute Gasteiger partial charge is 0.241 e. The Morgan fingerprint density at radius 2 is 1.89 bits per heavy atom. The largest absolute Gasteiger partial charge is 0.493 e. The lowest BCUT2D eigenvalue weighted by Gasteiger charge is -2.32. The first-order valence-corrected chi connectivity index (χ1v) is 9.55. The van der Waals surface area contributed by atoms with Crippen LogP contribution in [0, 0.1) is 0 Å². The van der Waals surface area contributed by atoms with E-state index in [2.05, 4.69) is 24.4 Å². The van der Waals surface area contributed by atoms with Gasteiger partial charge in [-0.3, -0.25) is 9.88 Å². The highest BCUT2D eigenvalue weighted by atomic mass is 16.5. The molecule has 1 atom stereocenters. The maximum atomic E-state index is 6.11. The molecular weight excluding hydrogens is 354 g/mol. The Morgan fingerprint density at radius 3 is 2.68 bits per heavy atom. The van der Waals surface area contributed by atoms with Crippen LogP contribution in [0.3, 0.4) is 0 Å². The molecule has 28 heavy (non-hydrogen) atoms. The van der Waals surface area contributed by atoms with Crippen LogP contribution in [0.15, 0.2) is 49.1 Å². The Labute approximate surface area is 165 Å². The average molecular weight is 379 g/mol. The third-order valence-electron chi connectivity index (χ3n) is 5.15. The van der Waals surface area contributed by atoms with Crippen LogP contribution in [-0.4, -0.2) is 44.6 Å². The fourth-order valence-electron chi connectivity index (χ4n) is 3.67. The molecule has 1 aliphatic heterocycles. The Balaban J connectivity index is 1.53. The molecule has 7 heteroatoms. The van der Waals surface area contributed by atoms with Crippen molar-refractivity contribution in [3.8, 4) is 17.4 Å². The number of nitrogens with zero attached hydrogens (tertiary/aromatic N) is 5. The molecule has 7 nitrogen and oxygen atoms in total. The molecule has 1 fully saturated rings. The minimum absolute atomic E-state index is 0.271. The Kier molecular flexibility index (Phi) is 5.53. The molecule has 0 saturated carbocycles. The highest BCUT2D eigenvalue weighted by Crippen LogP contribution is 2.35. The molecule has 0 radical (unpaired) electrons.